The SMILES string of the molecule is Cc1ncc2c3c1c1ccccc1n3C(=S)CC2. The van der Waals surface area contributed by atoms with E-state index < -0.39 is 0 Å². The van der Waals surface area contributed by atoms with E-state index >= 15 is 0 Å². The van der Waals surface area contributed by atoms with Crippen LogP contribution in [0.15, 0.2) is 30.5 Å². The highest BCUT2D eigenvalue weighted by molar-refractivity contribution is 7.80. The van der Waals surface area contributed by atoms with Crippen molar-refractivity contribution in [3.63, 3.8) is 0 Å². The van der Waals surface area contributed by atoms with Crippen LogP contribution in [0.1, 0.15) is 17.7 Å². The highest BCUT2D eigenvalue weighted by Crippen LogP contribution is 2.35. The molecule has 0 N–H and O–H groups in total. The Kier molecular flexibility index (Phi) is 1.92. The van der Waals surface area contributed by atoms with Gasteiger partial charge in [-0.3, -0.25) is 4.98 Å². The molecule has 0 bridgehead atoms. The van der Waals surface area contributed by atoms with E-state index in [0.717, 1.165) is 23.5 Å². The maximum Gasteiger partial charge on any atom is 0.0873 e. The lowest BCUT2D eigenvalue weighted by Crippen LogP contribution is -2.16. The summed E-state index contributed by atoms with van der Waals surface area (Å²) in [6, 6.07) is 8.47. The quantitative estimate of drug-likeness (QED) is 0.569. The molecule has 3 heterocycles. The van der Waals surface area contributed by atoms with E-state index in [-0.39, 0.29) is 0 Å². The number of fused-ring (bicyclic) bond motifs is 3. The van der Waals surface area contributed by atoms with Crippen molar-refractivity contribution >= 4 is 39.0 Å². The third-order valence-electron chi connectivity index (χ3n) is 3.81. The number of para-hydroxylation sites is 1. The van der Waals surface area contributed by atoms with Gasteiger partial charge in [-0.15, -0.1) is 0 Å². The van der Waals surface area contributed by atoms with Gasteiger partial charge in [0.15, 0.2) is 0 Å². The Balaban J connectivity index is 2.40. The predicted molar refractivity (Wildman–Crippen MR) is 78.3 cm³/mol. The molecule has 18 heavy (non-hydrogen) atoms. The number of aryl methyl sites for hydroxylation is 2. The Bertz CT molecular complexity index is 814. The fourth-order valence-corrected chi connectivity index (χ4v) is 3.30. The maximum atomic E-state index is 5.56. The molecule has 0 spiro atoms. The van der Waals surface area contributed by atoms with Crippen LogP contribution in [0.2, 0.25) is 0 Å². The molecular formula is C15H12N2S. The monoisotopic (exact) mass is 252 g/mol. The predicted octanol–water partition coefficient (Wildman–Crippen LogP) is 3.62. The van der Waals surface area contributed by atoms with Gasteiger partial charge in [-0.25, -0.2) is 0 Å². The van der Waals surface area contributed by atoms with E-state index in [2.05, 4.69) is 40.7 Å². The van der Waals surface area contributed by atoms with Crippen molar-refractivity contribution in [1.82, 2.24) is 9.55 Å². The van der Waals surface area contributed by atoms with Gasteiger partial charge >= 0.3 is 0 Å². The number of hydrogen-bond donors (Lipinski definition) is 0. The molecule has 0 unspecified atom stereocenters. The van der Waals surface area contributed by atoms with Crippen molar-refractivity contribution in [3.8, 4) is 0 Å². The molecule has 2 aromatic heterocycles. The van der Waals surface area contributed by atoms with E-state index in [4.69, 9.17) is 12.2 Å². The lowest BCUT2D eigenvalue weighted by molar-refractivity contribution is 0.968. The number of benzene rings is 1. The molecular weight excluding hydrogens is 240 g/mol. The summed E-state index contributed by atoms with van der Waals surface area (Å²) in [5.41, 5.74) is 4.91. The third-order valence-corrected chi connectivity index (χ3v) is 4.20. The van der Waals surface area contributed by atoms with Crippen molar-refractivity contribution < 1.29 is 0 Å². The van der Waals surface area contributed by atoms with Crippen molar-refractivity contribution in [2.24, 2.45) is 0 Å². The van der Waals surface area contributed by atoms with Gasteiger partial charge in [0.1, 0.15) is 0 Å². The van der Waals surface area contributed by atoms with Crippen LogP contribution in [0.5, 0.6) is 0 Å². The topological polar surface area (TPSA) is 17.8 Å². The Labute approximate surface area is 110 Å². The van der Waals surface area contributed by atoms with Gasteiger partial charge in [0, 0.05) is 29.1 Å². The molecule has 1 aromatic carbocycles. The van der Waals surface area contributed by atoms with Gasteiger partial charge in [0.2, 0.25) is 0 Å². The van der Waals surface area contributed by atoms with E-state index in [1.165, 1.54) is 27.4 Å². The number of thiocarbonyl (C=S) groups is 1. The number of hydrogen-bond acceptors (Lipinski definition) is 2. The van der Waals surface area contributed by atoms with Crippen molar-refractivity contribution in [2.75, 3.05) is 0 Å². The molecule has 3 heteroatoms. The minimum absolute atomic E-state index is 0.945. The molecule has 3 aromatic rings. The lowest BCUT2D eigenvalue weighted by atomic mass is 10.0. The first kappa shape index (κ1) is 10.2. The van der Waals surface area contributed by atoms with Crippen LogP contribution in [0.3, 0.4) is 0 Å². The van der Waals surface area contributed by atoms with Crippen LogP contribution < -0.4 is 0 Å². The summed E-state index contributed by atoms with van der Waals surface area (Å²) in [4.78, 5) is 5.57. The fraction of sp³-hybridized carbons (Fsp3) is 0.200. The Hall–Kier alpha value is -1.74. The molecule has 0 fully saturated rings. The first-order valence-corrected chi connectivity index (χ1v) is 6.59. The van der Waals surface area contributed by atoms with Crippen LogP contribution in [0, 0.1) is 6.92 Å². The standard InChI is InChI=1S/C15H12N2S/c1-9-14-11-4-2-3-5-12(11)17-13(18)7-6-10(8-16-9)15(14)17/h2-5,8H,6-7H2,1H3. The molecule has 0 amide bonds. The van der Waals surface area contributed by atoms with Crippen LogP contribution in [0.25, 0.3) is 21.8 Å². The molecule has 88 valence electrons. The number of pyridine rings is 1. The highest BCUT2D eigenvalue weighted by atomic mass is 32.1. The molecule has 0 saturated heterocycles. The molecule has 0 aliphatic carbocycles. The minimum Gasteiger partial charge on any atom is -0.303 e. The van der Waals surface area contributed by atoms with E-state index in [9.17, 15) is 0 Å². The van der Waals surface area contributed by atoms with Crippen LogP contribution in [-0.4, -0.2) is 14.5 Å². The normalized spacial score (nSPS) is 14.6. The van der Waals surface area contributed by atoms with Gasteiger partial charge < -0.3 is 4.57 Å². The molecule has 1 aliphatic rings. The van der Waals surface area contributed by atoms with Gasteiger partial charge in [-0.2, -0.15) is 0 Å². The number of aromatic nitrogens is 2. The maximum absolute atomic E-state index is 5.56. The number of rotatable bonds is 0. The average molecular weight is 252 g/mol. The summed E-state index contributed by atoms with van der Waals surface area (Å²) < 4.78 is 2.24. The summed E-state index contributed by atoms with van der Waals surface area (Å²) in [5, 5.41) is 2.54. The molecule has 1 aliphatic heterocycles. The smallest absolute Gasteiger partial charge is 0.0873 e. The zero-order valence-corrected chi connectivity index (χ0v) is 10.9. The van der Waals surface area contributed by atoms with E-state index in [1.807, 2.05) is 6.20 Å². The van der Waals surface area contributed by atoms with Gasteiger partial charge in [-0.05, 0) is 25.0 Å². The Morgan fingerprint density at radius 3 is 2.94 bits per heavy atom. The minimum atomic E-state index is 0.945. The summed E-state index contributed by atoms with van der Waals surface area (Å²) >= 11 is 5.56. The third kappa shape index (κ3) is 1.12. The molecule has 0 atom stereocenters. The zero-order chi connectivity index (χ0) is 12.3. The fourth-order valence-electron chi connectivity index (χ4n) is 3.01. The second-order valence-corrected chi connectivity index (χ2v) is 5.31. The molecule has 4 rings (SSSR count). The summed E-state index contributed by atoms with van der Waals surface area (Å²) in [6.07, 6.45) is 3.97. The first-order valence-electron chi connectivity index (χ1n) is 6.18. The van der Waals surface area contributed by atoms with Crippen molar-refractivity contribution in [2.45, 2.75) is 19.8 Å². The highest BCUT2D eigenvalue weighted by Gasteiger charge is 2.22. The summed E-state index contributed by atoms with van der Waals surface area (Å²) in [6.45, 7) is 2.08. The molecule has 2 nitrogen and oxygen atoms in total. The first-order chi connectivity index (χ1) is 8.77. The van der Waals surface area contributed by atoms with Crippen molar-refractivity contribution in [1.29, 1.82) is 0 Å². The van der Waals surface area contributed by atoms with Crippen molar-refractivity contribution in [3.05, 3.63) is 41.7 Å². The van der Waals surface area contributed by atoms with Crippen LogP contribution in [-0.2, 0) is 6.42 Å². The second kappa shape index (κ2) is 3.39. The zero-order valence-electron chi connectivity index (χ0n) is 10.1. The van der Waals surface area contributed by atoms with Crippen LogP contribution >= 0.6 is 12.2 Å². The van der Waals surface area contributed by atoms with Gasteiger partial charge in [0.05, 0.1) is 16.0 Å². The summed E-state index contributed by atoms with van der Waals surface area (Å²) in [5.74, 6) is 0. The summed E-state index contributed by atoms with van der Waals surface area (Å²) in [7, 11) is 0. The van der Waals surface area contributed by atoms with Gasteiger partial charge in [-0.1, -0.05) is 30.4 Å². The van der Waals surface area contributed by atoms with E-state index in [0.29, 0.717) is 0 Å². The van der Waals surface area contributed by atoms with E-state index in [1.54, 1.807) is 0 Å². The van der Waals surface area contributed by atoms with Gasteiger partial charge in [0.25, 0.3) is 0 Å². The Morgan fingerprint density at radius 2 is 2.06 bits per heavy atom. The lowest BCUT2D eigenvalue weighted by Gasteiger charge is -2.17. The molecule has 0 radical (unpaired) electrons. The Morgan fingerprint density at radius 1 is 1.22 bits per heavy atom. The van der Waals surface area contributed by atoms with Crippen LogP contribution in [0.4, 0.5) is 0 Å². The largest absolute Gasteiger partial charge is 0.303 e. The number of nitrogens with zero attached hydrogens (tertiary/aromatic N) is 2. The molecule has 0 saturated carbocycles. The average Bonchev–Trinajstić information content (AvgIpc) is 2.74. The second-order valence-electron chi connectivity index (χ2n) is 4.84.